The van der Waals surface area contributed by atoms with E-state index in [-0.39, 0.29) is 11.4 Å². The van der Waals surface area contributed by atoms with Crippen LogP contribution < -0.4 is 5.32 Å². The van der Waals surface area contributed by atoms with Crippen LogP contribution in [-0.2, 0) is 9.59 Å². The minimum atomic E-state index is -1.10. The van der Waals surface area contributed by atoms with Crippen molar-refractivity contribution in [3.63, 3.8) is 0 Å². The van der Waals surface area contributed by atoms with Crippen molar-refractivity contribution in [1.82, 2.24) is 5.32 Å². The Balaban J connectivity index is 2.65. The molecular weight excluding hydrogens is 182 g/mol. The number of carbonyl (C=O) groups is 2. The third-order valence-corrected chi connectivity index (χ3v) is 2.49. The Morgan fingerprint density at radius 1 is 1.58 bits per heavy atom. The predicted octanol–water partition coefficient (Wildman–Crippen LogP) is -0.298. The summed E-state index contributed by atoms with van der Waals surface area (Å²) in [5, 5.41) is 19.0. The first-order valence-corrected chi connectivity index (χ1v) is 4.05. The molecule has 1 atom stereocenters. The van der Waals surface area contributed by atoms with Crippen LogP contribution >= 0.6 is 11.8 Å². The summed E-state index contributed by atoms with van der Waals surface area (Å²) in [5.41, 5.74) is 0. The van der Waals surface area contributed by atoms with Gasteiger partial charge in [0.1, 0.15) is 10.2 Å². The molecule has 0 saturated heterocycles. The molecule has 66 valence electrons. The molecule has 0 aliphatic carbocycles. The summed E-state index contributed by atoms with van der Waals surface area (Å²) in [6, 6.07) is 0. The maximum absolute atomic E-state index is 10.4. The monoisotopic (exact) mass is 189 g/mol. The molecule has 0 amide bonds. The van der Waals surface area contributed by atoms with E-state index in [1.54, 1.807) is 0 Å². The van der Waals surface area contributed by atoms with Crippen LogP contribution in [0.5, 0.6) is 0 Å². The van der Waals surface area contributed by atoms with Gasteiger partial charge < -0.3 is 15.5 Å². The van der Waals surface area contributed by atoms with E-state index in [2.05, 4.69) is 5.32 Å². The minimum Gasteiger partial charge on any atom is -0.480 e. The fraction of sp³-hybridized carbons (Fsp3) is 0.333. The van der Waals surface area contributed by atoms with Gasteiger partial charge in [0, 0.05) is 12.7 Å². The van der Waals surface area contributed by atoms with Crippen molar-refractivity contribution in [3.05, 3.63) is 11.1 Å². The Hall–Kier alpha value is -1.17. The van der Waals surface area contributed by atoms with Crippen LogP contribution in [0.3, 0.4) is 0 Å². The van der Waals surface area contributed by atoms with Crippen molar-refractivity contribution in [2.75, 3.05) is 6.54 Å². The predicted molar refractivity (Wildman–Crippen MR) is 42.7 cm³/mol. The van der Waals surface area contributed by atoms with Gasteiger partial charge in [-0.15, -0.1) is 11.8 Å². The molecule has 0 spiro atoms. The molecule has 0 aromatic rings. The first kappa shape index (κ1) is 8.92. The highest BCUT2D eigenvalue weighted by atomic mass is 32.2. The average molecular weight is 189 g/mol. The molecule has 6 heteroatoms. The first-order chi connectivity index (χ1) is 5.61. The fourth-order valence-electron chi connectivity index (χ4n) is 0.737. The average Bonchev–Trinajstić information content (AvgIpc) is 2.04. The number of rotatable bonds is 2. The lowest BCUT2D eigenvalue weighted by molar-refractivity contribution is -0.136. The topological polar surface area (TPSA) is 86.6 Å². The summed E-state index contributed by atoms with van der Waals surface area (Å²) in [5.74, 6) is -2.10. The quantitative estimate of drug-likeness (QED) is 0.553. The second-order valence-electron chi connectivity index (χ2n) is 2.17. The number of hydrogen-bond acceptors (Lipinski definition) is 4. The third-order valence-electron chi connectivity index (χ3n) is 1.29. The maximum Gasteiger partial charge on any atom is 0.343 e. The number of hydrogen-bond donors (Lipinski definition) is 3. The van der Waals surface area contributed by atoms with Crippen molar-refractivity contribution in [2.45, 2.75) is 5.25 Å². The molecule has 1 aliphatic heterocycles. The summed E-state index contributed by atoms with van der Waals surface area (Å²) < 4.78 is 0. The highest BCUT2D eigenvalue weighted by Gasteiger charge is 2.25. The van der Waals surface area contributed by atoms with Crippen LogP contribution in [0.1, 0.15) is 0 Å². The van der Waals surface area contributed by atoms with Gasteiger partial charge in [-0.25, -0.2) is 4.79 Å². The molecule has 0 fully saturated rings. The Kier molecular flexibility index (Phi) is 2.59. The van der Waals surface area contributed by atoms with Crippen molar-refractivity contribution in [2.24, 2.45) is 0 Å². The molecule has 5 nitrogen and oxygen atoms in total. The maximum atomic E-state index is 10.4. The standard InChI is InChI=1S/C6H7NO4S/c8-5(9)3-1-7-2-4(12-3)6(10)11/h1,4,7H,2H2,(H,8,9)(H,10,11). The van der Waals surface area contributed by atoms with Gasteiger partial charge in [-0.3, -0.25) is 4.79 Å². The number of carboxylic acid groups (broad SMARTS) is 2. The molecule has 1 rings (SSSR count). The van der Waals surface area contributed by atoms with E-state index in [4.69, 9.17) is 10.2 Å². The third kappa shape index (κ3) is 1.91. The SMILES string of the molecule is O=C(O)C1=CNCC(C(=O)O)S1. The van der Waals surface area contributed by atoms with Crippen LogP contribution in [0.4, 0.5) is 0 Å². The number of thioether (sulfide) groups is 1. The van der Waals surface area contributed by atoms with E-state index >= 15 is 0 Å². The van der Waals surface area contributed by atoms with E-state index in [0.717, 1.165) is 11.8 Å². The van der Waals surface area contributed by atoms with E-state index in [9.17, 15) is 9.59 Å². The van der Waals surface area contributed by atoms with Gasteiger partial charge in [-0.2, -0.15) is 0 Å². The van der Waals surface area contributed by atoms with E-state index in [1.807, 2.05) is 0 Å². The van der Waals surface area contributed by atoms with Gasteiger partial charge in [-0.1, -0.05) is 0 Å². The molecule has 0 aromatic heterocycles. The summed E-state index contributed by atoms with van der Waals surface area (Å²) >= 11 is 0.847. The van der Waals surface area contributed by atoms with E-state index in [1.165, 1.54) is 6.20 Å². The Labute approximate surface area is 72.5 Å². The van der Waals surface area contributed by atoms with Gasteiger partial charge in [0.2, 0.25) is 0 Å². The molecule has 0 bridgehead atoms. The molecule has 0 saturated carbocycles. The minimum absolute atomic E-state index is 0.0358. The summed E-state index contributed by atoms with van der Waals surface area (Å²) in [6.45, 7) is 0.261. The molecule has 1 unspecified atom stereocenters. The molecule has 1 heterocycles. The second-order valence-corrected chi connectivity index (χ2v) is 3.41. The molecule has 0 aromatic carbocycles. The van der Waals surface area contributed by atoms with Gasteiger partial charge in [0.25, 0.3) is 0 Å². The zero-order valence-corrected chi connectivity index (χ0v) is 6.80. The molecule has 12 heavy (non-hydrogen) atoms. The summed E-state index contributed by atoms with van der Waals surface area (Å²) in [4.78, 5) is 20.9. The van der Waals surface area contributed by atoms with Gasteiger partial charge >= 0.3 is 11.9 Å². The largest absolute Gasteiger partial charge is 0.480 e. The highest BCUT2D eigenvalue weighted by molar-refractivity contribution is 8.05. The Morgan fingerprint density at radius 3 is 2.75 bits per heavy atom. The van der Waals surface area contributed by atoms with E-state index in [0.29, 0.717) is 0 Å². The first-order valence-electron chi connectivity index (χ1n) is 3.17. The number of aliphatic carboxylic acids is 2. The zero-order chi connectivity index (χ0) is 9.14. The number of nitrogens with one attached hydrogen (secondary N) is 1. The normalized spacial score (nSPS) is 22.3. The van der Waals surface area contributed by atoms with Crippen LogP contribution in [0, 0.1) is 0 Å². The van der Waals surface area contributed by atoms with Crippen molar-refractivity contribution >= 4 is 23.7 Å². The number of carboxylic acids is 2. The van der Waals surface area contributed by atoms with Crippen molar-refractivity contribution in [1.29, 1.82) is 0 Å². The molecular formula is C6H7NO4S. The Morgan fingerprint density at radius 2 is 2.25 bits per heavy atom. The lowest BCUT2D eigenvalue weighted by Gasteiger charge is -2.17. The van der Waals surface area contributed by atoms with Crippen molar-refractivity contribution < 1.29 is 19.8 Å². The van der Waals surface area contributed by atoms with Gasteiger partial charge in [-0.05, 0) is 0 Å². The lowest BCUT2D eigenvalue weighted by Crippen LogP contribution is -2.32. The second kappa shape index (κ2) is 3.48. The molecule has 1 aliphatic rings. The van der Waals surface area contributed by atoms with E-state index < -0.39 is 17.2 Å². The fourth-order valence-corrected chi connectivity index (χ4v) is 1.58. The van der Waals surface area contributed by atoms with Gasteiger partial charge in [0.15, 0.2) is 0 Å². The Bertz CT molecular complexity index is 250. The van der Waals surface area contributed by atoms with Crippen LogP contribution in [0.15, 0.2) is 11.1 Å². The van der Waals surface area contributed by atoms with Gasteiger partial charge in [0.05, 0.1) is 0 Å². The molecule has 3 N–H and O–H groups in total. The lowest BCUT2D eigenvalue weighted by atomic mass is 10.4. The van der Waals surface area contributed by atoms with Crippen LogP contribution in [-0.4, -0.2) is 33.9 Å². The van der Waals surface area contributed by atoms with Crippen molar-refractivity contribution in [3.8, 4) is 0 Å². The molecule has 0 radical (unpaired) electrons. The summed E-state index contributed by atoms with van der Waals surface area (Å²) in [6.07, 6.45) is 1.31. The highest BCUT2D eigenvalue weighted by Crippen LogP contribution is 2.24. The zero-order valence-electron chi connectivity index (χ0n) is 5.98. The van der Waals surface area contributed by atoms with Crippen LogP contribution in [0.25, 0.3) is 0 Å². The smallest absolute Gasteiger partial charge is 0.343 e. The summed E-state index contributed by atoms with van der Waals surface area (Å²) in [7, 11) is 0. The van der Waals surface area contributed by atoms with Crippen LogP contribution in [0.2, 0.25) is 0 Å².